The van der Waals surface area contributed by atoms with E-state index in [1.54, 1.807) is 9.80 Å². The van der Waals surface area contributed by atoms with E-state index in [0.717, 1.165) is 0 Å². The summed E-state index contributed by atoms with van der Waals surface area (Å²) in [5, 5.41) is 3.78. The molecule has 0 aliphatic carbocycles. The molecule has 0 aromatic carbocycles. The van der Waals surface area contributed by atoms with Crippen LogP contribution in [0.2, 0.25) is 0 Å². The minimum absolute atomic E-state index is 0.174. The van der Waals surface area contributed by atoms with Crippen LogP contribution < -0.4 is 5.43 Å². The predicted molar refractivity (Wildman–Crippen MR) is 65.4 cm³/mol. The molecule has 0 saturated carbocycles. The van der Waals surface area contributed by atoms with Crippen LogP contribution in [0.5, 0.6) is 0 Å². The number of piperazine rings is 1. The number of nitrogens with one attached hydrogen (secondary N) is 1. The van der Waals surface area contributed by atoms with Crippen molar-refractivity contribution < 1.29 is 19.1 Å². The zero-order valence-electron chi connectivity index (χ0n) is 10.7. The highest BCUT2D eigenvalue weighted by Gasteiger charge is 2.28. The van der Waals surface area contributed by atoms with Crippen LogP contribution in [0.1, 0.15) is 12.8 Å². The molecule has 0 spiro atoms. The molecule has 2 aliphatic rings. The number of carbonyl (C=O) groups is 3. The van der Waals surface area contributed by atoms with Gasteiger partial charge in [-0.15, -0.1) is 0 Å². The highest BCUT2D eigenvalue weighted by Crippen LogP contribution is 2.08. The minimum Gasteiger partial charge on any atom is -0.453 e. The van der Waals surface area contributed by atoms with E-state index in [4.69, 9.17) is 0 Å². The summed E-state index contributed by atoms with van der Waals surface area (Å²) >= 11 is 0. The molecule has 19 heavy (non-hydrogen) atoms. The maximum atomic E-state index is 12.1. The number of methoxy groups -OCH3 is 1. The molecule has 0 unspecified atom stereocenters. The van der Waals surface area contributed by atoms with Crippen molar-refractivity contribution in [2.75, 3.05) is 33.3 Å². The predicted octanol–water partition coefficient (Wildman–Crippen LogP) is -0.837. The molecule has 104 valence electrons. The van der Waals surface area contributed by atoms with E-state index < -0.39 is 0 Å². The second-order valence-electron chi connectivity index (χ2n) is 4.34. The minimum atomic E-state index is -0.380. The molecule has 8 heteroatoms. The second kappa shape index (κ2) is 5.68. The highest BCUT2D eigenvalue weighted by molar-refractivity contribution is 6.39. The Labute approximate surface area is 110 Å². The molecule has 2 heterocycles. The molecule has 1 saturated heterocycles. The normalized spacial score (nSPS) is 19.6. The molecular formula is C11H16N4O4. The van der Waals surface area contributed by atoms with E-state index in [-0.39, 0.29) is 24.3 Å². The van der Waals surface area contributed by atoms with E-state index in [1.807, 2.05) is 0 Å². The molecule has 3 amide bonds. The van der Waals surface area contributed by atoms with Gasteiger partial charge in [-0.2, -0.15) is 5.10 Å². The van der Waals surface area contributed by atoms with Crippen LogP contribution in [-0.4, -0.2) is 66.7 Å². The first-order valence-corrected chi connectivity index (χ1v) is 6.09. The standard InChI is InChI=1S/C11H16N4O4/c1-19-11(18)15-6-4-14(5-7-15)10(17)8-2-3-9(16)13-12-8/h2-7H2,1H3,(H,13,16). The van der Waals surface area contributed by atoms with Gasteiger partial charge < -0.3 is 14.5 Å². The number of hydrogen-bond acceptors (Lipinski definition) is 5. The Morgan fingerprint density at radius 2 is 1.79 bits per heavy atom. The van der Waals surface area contributed by atoms with Crippen molar-refractivity contribution in [1.82, 2.24) is 15.2 Å². The monoisotopic (exact) mass is 268 g/mol. The van der Waals surface area contributed by atoms with Gasteiger partial charge in [-0.25, -0.2) is 10.2 Å². The zero-order chi connectivity index (χ0) is 13.8. The Kier molecular flexibility index (Phi) is 3.98. The van der Waals surface area contributed by atoms with Crippen molar-refractivity contribution in [1.29, 1.82) is 0 Å². The van der Waals surface area contributed by atoms with Gasteiger partial charge in [0.1, 0.15) is 5.71 Å². The molecule has 1 N–H and O–H groups in total. The number of nitrogens with zero attached hydrogens (tertiary/aromatic N) is 3. The second-order valence-corrected chi connectivity index (χ2v) is 4.34. The van der Waals surface area contributed by atoms with Gasteiger partial charge in [0.05, 0.1) is 7.11 Å². The quantitative estimate of drug-likeness (QED) is 0.671. The summed E-state index contributed by atoms with van der Waals surface area (Å²) in [6, 6.07) is 0. The molecule has 2 aliphatic heterocycles. The Morgan fingerprint density at radius 1 is 1.16 bits per heavy atom. The summed E-state index contributed by atoms with van der Waals surface area (Å²) in [5.41, 5.74) is 2.67. The third-order valence-corrected chi connectivity index (χ3v) is 3.15. The molecule has 0 radical (unpaired) electrons. The van der Waals surface area contributed by atoms with Crippen molar-refractivity contribution in [3.05, 3.63) is 0 Å². The van der Waals surface area contributed by atoms with Gasteiger partial charge in [-0.3, -0.25) is 9.59 Å². The van der Waals surface area contributed by atoms with Crippen molar-refractivity contribution in [2.24, 2.45) is 5.10 Å². The Balaban J connectivity index is 1.89. The van der Waals surface area contributed by atoms with Crippen LogP contribution in [0.4, 0.5) is 4.79 Å². The van der Waals surface area contributed by atoms with Crippen LogP contribution >= 0.6 is 0 Å². The van der Waals surface area contributed by atoms with Gasteiger partial charge in [-0.1, -0.05) is 0 Å². The number of hydrazone groups is 1. The number of amides is 3. The van der Waals surface area contributed by atoms with Crippen molar-refractivity contribution >= 4 is 23.6 Å². The lowest BCUT2D eigenvalue weighted by molar-refractivity contribution is -0.126. The number of carbonyl (C=O) groups excluding carboxylic acids is 3. The molecule has 1 fully saturated rings. The van der Waals surface area contributed by atoms with Gasteiger partial charge in [0.15, 0.2) is 0 Å². The Morgan fingerprint density at radius 3 is 2.32 bits per heavy atom. The Bertz CT molecular complexity index is 426. The summed E-state index contributed by atoms with van der Waals surface area (Å²) in [7, 11) is 1.33. The molecule has 8 nitrogen and oxygen atoms in total. The summed E-state index contributed by atoms with van der Waals surface area (Å²) in [5.74, 6) is -0.350. The number of hydrogen-bond donors (Lipinski definition) is 1. The molecule has 0 bridgehead atoms. The first-order valence-electron chi connectivity index (χ1n) is 6.09. The van der Waals surface area contributed by atoms with Gasteiger partial charge >= 0.3 is 6.09 Å². The van der Waals surface area contributed by atoms with Gasteiger partial charge in [0.2, 0.25) is 5.91 Å². The summed E-state index contributed by atoms with van der Waals surface area (Å²) in [6.45, 7) is 1.78. The fourth-order valence-electron chi connectivity index (χ4n) is 2.03. The van der Waals surface area contributed by atoms with Gasteiger partial charge in [-0.05, 0) is 0 Å². The van der Waals surface area contributed by atoms with Gasteiger partial charge in [0.25, 0.3) is 5.91 Å². The molecule has 0 atom stereocenters. The summed E-state index contributed by atoms with van der Waals surface area (Å²) < 4.78 is 4.63. The highest BCUT2D eigenvalue weighted by atomic mass is 16.5. The number of rotatable bonds is 1. The van der Waals surface area contributed by atoms with Crippen LogP contribution in [0.3, 0.4) is 0 Å². The topological polar surface area (TPSA) is 91.3 Å². The van der Waals surface area contributed by atoms with E-state index in [0.29, 0.717) is 38.3 Å². The maximum absolute atomic E-state index is 12.1. The fraction of sp³-hybridized carbons (Fsp3) is 0.636. The van der Waals surface area contributed by atoms with Crippen LogP contribution in [0.15, 0.2) is 5.10 Å². The molecular weight excluding hydrogens is 252 g/mol. The summed E-state index contributed by atoms with van der Waals surface area (Å²) in [4.78, 5) is 37.6. The third kappa shape index (κ3) is 3.01. The van der Waals surface area contributed by atoms with Crippen LogP contribution in [0, 0.1) is 0 Å². The fourth-order valence-corrected chi connectivity index (χ4v) is 2.03. The lowest BCUT2D eigenvalue weighted by Crippen LogP contribution is -2.52. The van der Waals surface area contributed by atoms with Crippen molar-refractivity contribution in [3.8, 4) is 0 Å². The maximum Gasteiger partial charge on any atom is 0.409 e. The van der Waals surface area contributed by atoms with Crippen LogP contribution in [-0.2, 0) is 14.3 Å². The summed E-state index contributed by atoms with van der Waals surface area (Å²) in [6.07, 6.45) is 0.267. The Hall–Kier alpha value is -2.12. The average Bonchev–Trinajstić information content (AvgIpc) is 2.46. The van der Waals surface area contributed by atoms with E-state index in [1.165, 1.54) is 7.11 Å². The van der Waals surface area contributed by atoms with Crippen LogP contribution in [0.25, 0.3) is 0 Å². The smallest absolute Gasteiger partial charge is 0.409 e. The van der Waals surface area contributed by atoms with Crippen molar-refractivity contribution in [2.45, 2.75) is 12.8 Å². The van der Waals surface area contributed by atoms with E-state index in [9.17, 15) is 14.4 Å². The lowest BCUT2D eigenvalue weighted by Gasteiger charge is -2.34. The third-order valence-electron chi connectivity index (χ3n) is 3.15. The first kappa shape index (κ1) is 13.3. The molecule has 0 aromatic heterocycles. The van der Waals surface area contributed by atoms with Crippen molar-refractivity contribution in [3.63, 3.8) is 0 Å². The molecule has 2 rings (SSSR count). The molecule has 0 aromatic rings. The van der Waals surface area contributed by atoms with Gasteiger partial charge in [0, 0.05) is 39.0 Å². The average molecular weight is 268 g/mol. The SMILES string of the molecule is COC(=O)N1CCN(C(=O)C2=NNC(=O)CC2)CC1. The zero-order valence-corrected chi connectivity index (χ0v) is 10.7. The lowest BCUT2D eigenvalue weighted by atomic mass is 10.1. The van der Waals surface area contributed by atoms with E-state index in [2.05, 4.69) is 15.3 Å². The number of ether oxygens (including phenoxy) is 1. The largest absolute Gasteiger partial charge is 0.453 e. The first-order chi connectivity index (χ1) is 9.11. The van der Waals surface area contributed by atoms with E-state index >= 15 is 0 Å².